The summed E-state index contributed by atoms with van der Waals surface area (Å²) in [7, 11) is 2.06. The minimum Gasteiger partial charge on any atom is -0.480 e. The second kappa shape index (κ2) is 8.94. The number of amides is 1. The van der Waals surface area contributed by atoms with Gasteiger partial charge in [-0.05, 0) is 72.0 Å². The summed E-state index contributed by atoms with van der Waals surface area (Å²) in [5.41, 5.74) is 7.08. The Balaban J connectivity index is 1.31. The van der Waals surface area contributed by atoms with Gasteiger partial charge in [-0.1, -0.05) is 48.6 Å². The molecule has 1 saturated heterocycles. The van der Waals surface area contributed by atoms with E-state index in [0.29, 0.717) is 16.9 Å². The SMILES string of the molecule is Cn1cccc1-c1ccc(N2c3ccc(/C=C4/SC(=S)N(CC(=O)O)C4=O)cc3C3CCCC32)cc1. The van der Waals surface area contributed by atoms with E-state index >= 15 is 0 Å². The molecule has 6 rings (SSSR count). The standard InChI is InChI=1S/C28H25N3O3S2/c1-29-13-3-6-22(29)18-8-10-19(11-9-18)31-23-5-2-4-20(23)21-14-17(7-12-24(21)31)15-25-27(34)30(16-26(32)33)28(35)36-25/h3,6-15,20,23H,2,4-5,16H2,1H3,(H,32,33)/b25-15+. The highest BCUT2D eigenvalue weighted by Crippen LogP contribution is 2.52. The van der Waals surface area contributed by atoms with E-state index in [1.807, 2.05) is 12.1 Å². The molecule has 0 bridgehead atoms. The van der Waals surface area contributed by atoms with Crippen LogP contribution >= 0.6 is 24.0 Å². The van der Waals surface area contributed by atoms with Gasteiger partial charge < -0.3 is 14.6 Å². The molecule has 2 aliphatic heterocycles. The van der Waals surface area contributed by atoms with Crippen LogP contribution in [0.15, 0.2) is 65.7 Å². The number of aliphatic carboxylic acids is 1. The lowest BCUT2D eigenvalue weighted by atomic mass is 9.96. The molecule has 1 aromatic heterocycles. The van der Waals surface area contributed by atoms with Crippen molar-refractivity contribution >= 4 is 57.6 Å². The summed E-state index contributed by atoms with van der Waals surface area (Å²) in [5, 5.41) is 9.08. The number of rotatable bonds is 5. The number of aryl methyl sites for hydroxylation is 1. The molecule has 1 N–H and O–H groups in total. The van der Waals surface area contributed by atoms with Gasteiger partial charge in [0, 0.05) is 42.3 Å². The molecule has 0 spiro atoms. The quantitative estimate of drug-likeness (QED) is 0.344. The number of thioether (sulfide) groups is 1. The predicted molar refractivity (Wildman–Crippen MR) is 147 cm³/mol. The lowest BCUT2D eigenvalue weighted by Gasteiger charge is -2.27. The van der Waals surface area contributed by atoms with E-state index in [9.17, 15) is 9.59 Å². The maximum absolute atomic E-state index is 12.7. The summed E-state index contributed by atoms with van der Waals surface area (Å²) in [6.07, 6.45) is 7.40. The van der Waals surface area contributed by atoms with Gasteiger partial charge in [-0.2, -0.15) is 0 Å². The molecule has 3 aromatic rings. The number of hydrogen-bond acceptors (Lipinski definition) is 5. The monoisotopic (exact) mass is 515 g/mol. The Morgan fingerprint density at radius 2 is 1.97 bits per heavy atom. The zero-order chi connectivity index (χ0) is 25.0. The molecule has 2 unspecified atom stereocenters. The second-order valence-corrected chi connectivity index (χ2v) is 11.2. The van der Waals surface area contributed by atoms with Crippen LogP contribution < -0.4 is 4.90 Å². The number of carbonyl (C=O) groups excluding carboxylic acids is 1. The van der Waals surface area contributed by atoms with Crippen LogP contribution in [0.3, 0.4) is 0 Å². The highest BCUT2D eigenvalue weighted by Gasteiger charge is 2.42. The molecular weight excluding hydrogens is 490 g/mol. The molecule has 2 fully saturated rings. The molecule has 2 aromatic carbocycles. The van der Waals surface area contributed by atoms with Gasteiger partial charge in [0.15, 0.2) is 0 Å². The molecule has 0 radical (unpaired) electrons. The van der Waals surface area contributed by atoms with E-state index in [1.54, 1.807) is 0 Å². The van der Waals surface area contributed by atoms with E-state index in [1.165, 1.54) is 34.6 Å². The highest BCUT2D eigenvalue weighted by molar-refractivity contribution is 8.26. The number of hydrogen-bond donors (Lipinski definition) is 1. The average Bonchev–Trinajstić information content (AvgIpc) is 3.61. The molecule has 1 aliphatic carbocycles. The van der Waals surface area contributed by atoms with Crippen molar-refractivity contribution in [3.63, 3.8) is 0 Å². The van der Waals surface area contributed by atoms with Crippen molar-refractivity contribution in [2.24, 2.45) is 7.05 Å². The minimum absolute atomic E-state index is 0.288. The summed E-state index contributed by atoms with van der Waals surface area (Å²) in [6, 6.07) is 19.8. The van der Waals surface area contributed by atoms with Crippen LogP contribution in [0.1, 0.15) is 36.3 Å². The van der Waals surface area contributed by atoms with E-state index < -0.39 is 12.5 Å². The first kappa shape index (κ1) is 23.1. The van der Waals surface area contributed by atoms with Gasteiger partial charge in [0.2, 0.25) is 0 Å². The lowest BCUT2D eigenvalue weighted by Crippen LogP contribution is -2.33. The number of carboxylic acid groups (broad SMARTS) is 1. The second-order valence-electron chi connectivity index (χ2n) is 9.51. The summed E-state index contributed by atoms with van der Waals surface area (Å²) in [6.45, 7) is -0.409. The molecule has 8 heteroatoms. The van der Waals surface area contributed by atoms with Gasteiger partial charge in [-0.15, -0.1) is 0 Å². The number of thiocarbonyl (C=S) groups is 1. The van der Waals surface area contributed by atoms with Crippen LogP contribution in [0.5, 0.6) is 0 Å². The number of aromatic nitrogens is 1. The van der Waals surface area contributed by atoms with Gasteiger partial charge in [-0.3, -0.25) is 14.5 Å². The zero-order valence-corrected chi connectivity index (χ0v) is 21.4. The van der Waals surface area contributed by atoms with Crippen LogP contribution in [-0.4, -0.2) is 43.4 Å². The van der Waals surface area contributed by atoms with Gasteiger partial charge in [0.25, 0.3) is 5.91 Å². The highest BCUT2D eigenvalue weighted by atomic mass is 32.2. The lowest BCUT2D eigenvalue weighted by molar-refractivity contribution is -0.140. The first-order valence-corrected chi connectivity index (χ1v) is 13.3. The maximum atomic E-state index is 12.7. The molecule has 182 valence electrons. The Bertz CT molecular complexity index is 1430. The molecule has 1 amide bonds. The molecule has 6 nitrogen and oxygen atoms in total. The zero-order valence-electron chi connectivity index (χ0n) is 19.8. The Morgan fingerprint density at radius 1 is 1.17 bits per heavy atom. The van der Waals surface area contributed by atoms with Gasteiger partial charge >= 0.3 is 5.97 Å². The van der Waals surface area contributed by atoms with Gasteiger partial charge in [0.05, 0.1) is 4.91 Å². The van der Waals surface area contributed by atoms with Crippen molar-refractivity contribution in [3.05, 3.63) is 76.8 Å². The first-order chi connectivity index (χ1) is 17.4. The van der Waals surface area contributed by atoms with Gasteiger partial charge in [-0.25, -0.2) is 0 Å². The van der Waals surface area contributed by atoms with Crippen molar-refractivity contribution in [1.29, 1.82) is 0 Å². The van der Waals surface area contributed by atoms with E-state index in [4.69, 9.17) is 17.3 Å². The minimum atomic E-state index is -1.07. The summed E-state index contributed by atoms with van der Waals surface area (Å²) in [5.74, 6) is -0.955. The Labute approximate surface area is 219 Å². The Morgan fingerprint density at radius 3 is 2.69 bits per heavy atom. The molecule has 2 atom stereocenters. The molecular formula is C28H25N3O3S2. The average molecular weight is 516 g/mol. The fourth-order valence-corrected chi connectivity index (χ4v) is 7.03. The van der Waals surface area contributed by atoms with Crippen LogP contribution in [-0.2, 0) is 16.6 Å². The van der Waals surface area contributed by atoms with E-state index in [-0.39, 0.29) is 10.2 Å². The molecule has 1 saturated carbocycles. The number of nitrogens with zero attached hydrogens (tertiary/aromatic N) is 3. The fraction of sp³-hybridized carbons (Fsp3) is 0.250. The first-order valence-electron chi connectivity index (χ1n) is 12.0. The summed E-state index contributed by atoms with van der Waals surface area (Å²) < 4.78 is 2.42. The maximum Gasteiger partial charge on any atom is 0.323 e. The van der Waals surface area contributed by atoms with E-state index in [0.717, 1.165) is 35.1 Å². The Kier molecular flexibility index (Phi) is 5.73. The third kappa shape index (κ3) is 3.85. The number of carbonyl (C=O) groups is 2. The molecule has 3 aliphatic rings. The largest absolute Gasteiger partial charge is 0.480 e. The van der Waals surface area contributed by atoms with Crippen molar-refractivity contribution in [3.8, 4) is 11.3 Å². The van der Waals surface area contributed by atoms with Crippen molar-refractivity contribution in [2.45, 2.75) is 31.2 Å². The summed E-state index contributed by atoms with van der Waals surface area (Å²) in [4.78, 5) is 27.9. The topological polar surface area (TPSA) is 65.8 Å². The van der Waals surface area contributed by atoms with Crippen molar-refractivity contribution in [1.82, 2.24) is 9.47 Å². The van der Waals surface area contributed by atoms with Crippen molar-refractivity contribution < 1.29 is 14.7 Å². The number of carboxylic acids is 1. The third-order valence-corrected chi connectivity index (χ3v) is 8.75. The van der Waals surface area contributed by atoms with Crippen LogP contribution in [0, 0.1) is 0 Å². The number of anilines is 2. The molecule has 36 heavy (non-hydrogen) atoms. The number of benzene rings is 2. The fourth-order valence-electron chi connectivity index (χ4n) is 5.78. The van der Waals surface area contributed by atoms with Crippen LogP contribution in [0.25, 0.3) is 17.3 Å². The van der Waals surface area contributed by atoms with Gasteiger partial charge in [0.1, 0.15) is 10.9 Å². The van der Waals surface area contributed by atoms with Crippen LogP contribution in [0.4, 0.5) is 11.4 Å². The third-order valence-electron chi connectivity index (χ3n) is 7.37. The predicted octanol–water partition coefficient (Wildman–Crippen LogP) is 5.77. The summed E-state index contributed by atoms with van der Waals surface area (Å²) >= 11 is 6.40. The van der Waals surface area contributed by atoms with E-state index in [2.05, 4.69) is 71.2 Å². The normalized spacial score (nSPS) is 22.0. The Hall–Kier alpha value is -3.36. The number of fused-ring (bicyclic) bond motifs is 3. The van der Waals surface area contributed by atoms with Crippen molar-refractivity contribution in [2.75, 3.05) is 11.4 Å². The smallest absolute Gasteiger partial charge is 0.323 e. The van der Waals surface area contributed by atoms with Crippen LogP contribution in [0.2, 0.25) is 0 Å². The molecule has 3 heterocycles.